The van der Waals surface area contributed by atoms with E-state index in [2.05, 4.69) is 20.2 Å². The van der Waals surface area contributed by atoms with Crippen LogP contribution in [0.25, 0.3) is 0 Å². The second-order valence-corrected chi connectivity index (χ2v) is 5.16. The summed E-state index contributed by atoms with van der Waals surface area (Å²) in [7, 11) is 1.60. The van der Waals surface area contributed by atoms with Crippen LogP contribution in [0, 0.1) is 0 Å². The molecule has 0 aliphatic rings. The Labute approximate surface area is 126 Å². The first-order valence-corrected chi connectivity index (χ1v) is 7.33. The van der Waals surface area contributed by atoms with Crippen LogP contribution < -0.4 is 10.6 Å². The van der Waals surface area contributed by atoms with Crippen molar-refractivity contribution in [3.63, 3.8) is 0 Å². The summed E-state index contributed by atoms with van der Waals surface area (Å²) in [5.41, 5.74) is 2.27. The van der Waals surface area contributed by atoms with Gasteiger partial charge in [0.15, 0.2) is 0 Å². The molecule has 0 bridgehead atoms. The number of rotatable bonds is 5. The molecule has 2 amide bonds. The molecule has 0 unspecified atom stereocenters. The molecule has 110 valence electrons. The molecule has 0 saturated heterocycles. The first kappa shape index (κ1) is 15.1. The van der Waals surface area contributed by atoms with Crippen molar-refractivity contribution in [2.75, 3.05) is 12.4 Å². The van der Waals surface area contributed by atoms with Crippen molar-refractivity contribution in [3.05, 3.63) is 40.4 Å². The predicted molar refractivity (Wildman–Crippen MR) is 81.5 cm³/mol. The number of hydrogen-bond acceptors (Lipinski definition) is 5. The number of carbonyl (C=O) groups excluding carboxylic acids is 2. The largest absolute Gasteiger partial charge is 0.359 e. The van der Waals surface area contributed by atoms with Crippen LogP contribution in [0.3, 0.4) is 0 Å². The van der Waals surface area contributed by atoms with Crippen LogP contribution in [0.15, 0.2) is 24.3 Å². The Hall–Kier alpha value is -2.28. The molecule has 0 radical (unpaired) electrons. The SMILES string of the molecule is CCc1nnsc1C(=O)Nc1ccc(CC(=O)NC)cc1. The average Bonchev–Trinajstić information content (AvgIpc) is 2.97. The number of anilines is 1. The van der Waals surface area contributed by atoms with Gasteiger partial charge < -0.3 is 10.6 Å². The third-order valence-electron chi connectivity index (χ3n) is 2.95. The highest BCUT2D eigenvalue weighted by Crippen LogP contribution is 2.15. The monoisotopic (exact) mass is 304 g/mol. The number of likely N-dealkylation sites (N-methyl/N-ethyl adjacent to an activating group) is 1. The van der Waals surface area contributed by atoms with E-state index in [0.717, 1.165) is 17.1 Å². The standard InChI is InChI=1S/C14H16N4O2S/c1-3-11-13(21-18-17-11)14(20)16-10-6-4-9(5-7-10)8-12(19)15-2/h4-7H,3,8H2,1-2H3,(H,15,19)(H,16,20). The Morgan fingerprint density at radius 3 is 2.57 bits per heavy atom. The van der Waals surface area contributed by atoms with Gasteiger partial charge in [-0.25, -0.2) is 0 Å². The normalized spacial score (nSPS) is 10.2. The Morgan fingerprint density at radius 2 is 1.95 bits per heavy atom. The maximum Gasteiger partial charge on any atom is 0.269 e. The smallest absolute Gasteiger partial charge is 0.269 e. The van der Waals surface area contributed by atoms with Gasteiger partial charge in [0.1, 0.15) is 4.88 Å². The number of benzene rings is 1. The number of aromatic nitrogens is 2. The van der Waals surface area contributed by atoms with Gasteiger partial charge >= 0.3 is 0 Å². The van der Waals surface area contributed by atoms with E-state index in [1.54, 1.807) is 19.2 Å². The third-order valence-corrected chi connectivity index (χ3v) is 3.72. The summed E-state index contributed by atoms with van der Waals surface area (Å²) in [5, 5.41) is 9.29. The van der Waals surface area contributed by atoms with Crippen LogP contribution >= 0.6 is 11.5 Å². The molecule has 1 aromatic carbocycles. The molecule has 0 atom stereocenters. The van der Waals surface area contributed by atoms with Gasteiger partial charge in [0.05, 0.1) is 12.1 Å². The molecule has 0 aliphatic heterocycles. The average molecular weight is 304 g/mol. The summed E-state index contributed by atoms with van der Waals surface area (Å²) in [6.45, 7) is 1.93. The van der Waals surface area contributed by atoms with Gasteiger partial charge in [-0.1, -0.05) is 23.5 Å². The Bertz CT molecular complexity index is 637. The van der Waals surface area contributed by atoms with E-state index in [4.69, 9.17) is 0 Å². The summed E-state index contributed by atoms with van der Waals surface area (Å²) >= 11 is 1.09. The number of nitrogens with zero attached hydrogens (tertiary/aromatic N) is 2. The summed E-state index contributed by atoms with van der Waals surface area (Å²) in [6.07, 6.45) is 0.994. The summed E-state index contributed by atoms with van der Waals surface area (Å²) in [4.78, 5) is 23.9. The van der Waals surface area contributed by atoms with Crippen molar-refractivity contribution in [2.24, 2.45) is 0 Å². The zero-order valence-electron chi connectivity index (χ0n) is 11.8. The van der Waals surface area contributed by atoms with E-state index in [0.29, 0.717) is 29.1 Å². The van der Waals surface area contributed by atoms with E-state index in [-0.39, 0.29) is 11.8 Å². The molecule has 0 fully saturated rings. The predicted octanol–water partition coefficient (Wildman–Crippen LogP) is 1.64. The minimum absolute atomic E-state index is 0.0462. The molecule has 1 aromatic heterocycles. The lowest BCUT2D eigenvalue weighted by Crippen LogP contribution is -2.19. The topological polar surface area (TPSA) is 84.0 Å². The highest BCUT2D eigenvalue weighted by atomic mass is 32.1. The van der Waals surface area contributed by atoms with Gasteiger partial charge in [0.2, 0.25) is 5.91 Å². The highest BCUT2D eigenvalue weighted by molar-refractivity contribution is 7.08. The Morgan fingerprint density at radius 1 is 1.24 bits per heavy atom. The second-order valence-electron chi connectivity index (χ2n) is 4.40. The fourth-order valence-electron chi connectivity index (χ4n) is 1.78. The second kappa shape index (κ2) is 6.94. The fourth-order valence-corrected chi connectivity index (χ4v) is 2.43. The molecule has 0 spiro atoms. The van der Waals surface area contributed by atoms with Crippen LogP contribution in [0.2, 0.25) is 0 Å². The maximum absolute atomic E-state index is 12.1. The number of aryl methyl sites for hydroxylation is 1. The quantitative estimate of drug-likeness (QED) is 0.879. The molecule has 1 heterocycles. The molecule has 7 heteroatoms. The molecule has 0 aliphatic carbocycles. The lowest BCUT2D eigenvalue weighted by molar-refractivity contribution is -0.119. The van der Waals surface area contributed by atoms with Crippen LogP contribution in [0.4, 0.5) is 5.69 Å². The summed E-state index contributed by atoms with van der Waals surface area (Å²) in [6, 6.07) is 7.18. The lowest BCUT2D eigenvalue weighted by atomic mass is 10.1. The number of hydrogen-bond donors (Lipinski definition) is 2. The van der Waals surface area contributed by atoms with Crippen LogP contribution in [-0.2, 0) is 17.6 Å². The fraction of sp³-hybridized carbons (Fsp3) is 0.286. The maximum atomic E-state index is 12.1. The van der Waals surface area contributed by atoms with Gasteiger partial charge in [-0.05, 0) is 35.6 Å². The molecule has 2 rings (SSSR count). The number of carbonyl (C=O) groups is 2. The van der Waals surface area contributed by atoms with Crippen LogP contribution in [0.1, 0.15) is 27.9 Å². The number of amides is 2. The van der Waals surface area contributed by atoms with Gasteiger partial charge in [0.25, 0.3) is 5.91 Å². The first-order valence-electron chi connectivity index (χ1n) is 6.56. The van der Waals surface area contributed by atoms with Crippen LogP contribution in [0.5, 0.6) is 0 Å². The molecular weight excluding hydrogens is 288 g/mol. The molecule has 2 aromatic rings. The van der Waals surface area contributed by atoms with Crippen molar-refractivity contribution in [2.45, 2.75) is 19.8 Å². The van der Waals surface area contributed by atoms with Gasteiger partial charge in [-0.15, -0.1) is 5.10 Å². The van der Waals surface area contributed by atoms with E-state index < -0.39 is 0 Å². The molecule has 6 nitrogen and oxygen atoms in total. The van der Waals surface area contributed by atoms with E-state index >= 15 is 0 Å². The van der Waals surface area contributed by atoms with Crippen molar-refractivity contribution in [1.82, 2.24) is 14.9 Å². The van der Waals surface area contributed by atoms with Gasteiger partial charge in [-0.3, -0.25) is 9.59 Å². The lowest BCUT2D eigenvalue weighted by Gasteiger charge is -2.05. The Kier molecular flexibility index (Phi) is 4.99. The zero-order chi connectivity index (χ0) is 15.2. The Balaban J connectivity index is 2.03. The summed E-state index contributed by atoms with van der Waals surface area (Å²) < 4.78 is 3.80. The van der Waals surface area contributed by atoms with E-state index in [1.807, 2.05) is 19.1 Å². The minimum Gasteiger partial charge on any atom is -0.359 e. The minimum atomic E-state index is -0.207. The molecular formula is C14H16N4O2S. The summed E-state index contributed by atoms with van der Waals surface area (Å²) in [5.74, 6) is -0.254. The van der Waals surface area contributed by atoms with Gasteiger partial charge in [0, 0.05) is 12.7 Å². The first-order chi connectivity index (χ1) is 10.1. The van der Waals surface area contributed by atoms with Gasteiger partial charge in [-0.2, -0.15) is 0 Å². The zero-order valence-corrected chi connectivity index (χ0v) is 12.7. The van der Waals surface area contributed by atoms with Crippen molar-refractivity contribution in [3.8, 4) is 0 Å². The highest BCUT2D eigenvalue weighted by Gasteiger charge is 2.15. The molecule has 2 N–H and O–H groups in total. The number of nitrogens with one attached hydrogen (secondary N) is 2. The van der Waals surface area contributed by atoms with E-state index in [9.17, 15) is 9.59 Å². The van der Waals surface area contributed by atoms with E-state index in [1.165, 1.54) is 0 Å². The molecule has 0 saturated carbocycles. The van der Waals surface area contributed by atoms with Crippen molar-refractivity contribution >= 4 is 29.0 Å². The third kappa shape index (κ3) is 3.85. The van der Waals surface area contributed by atoms with Crippen molar-refractivity contribution in [1.29, 1.82) is 0 Å². The van der Waals surface area contributed by atoms with Crippen LogP contribution in [-0.4, -0.2) is 28.4 Å². The van der Waals surface area contributed by atoms with Crippen molar-refractivity contribution < 1.29 is 9.59 Å². The molecule has 21 heavy (non-hydrogen) atoms.